The monoisotopic (exact) mass is 343 g/mol. The number of amides is 1. The first-order chi connectivity index (χ1) is 12.2. The summed E-state index contributed by atoms with van der Waals surface area (Å²) in [4.78, 5) is 18.9. The Kier molecular flexibility index (Phi) is 5.71. The average Bonchev–Trinajstić information content (AvgIpc) is 3.01. The number of ether oxygens (including phenoxy) is 2. The smallest absolute Gasteiger partial charge is 0.260 e. The number of hydrogen-bond acceptors (Lipinski definition) is 4. The number of piperidine rings is 1. The second-order valence-corrected chi connectivity index (χ2v) is 6.36. The lowest BCUT2D eigenvalue weighted by atomic mass is 10.0. The number of aryl methyl sites for hydroxylation is 1. The van der Waals surface area contributed by atoms with Crippen LogP contribution in [0.25, 0.3) is 0 Å². The van der Waals surface area contributed by atoms with Gasteiger partial charge in [-0.05, 0) is 31.9 Å². The van der Waals surface area contributed by atoms with Crippen molar-refractivity contribution in [2.75, 3.05) is 26.8 Å². The van der Waals surface area contributed by atoms with Crippen molar-refractivity contribution in [1.29, 1.82) is 0 Å². The molecule has 1 aliphatic heterocycles. The molecule has 1 fully saturated rings. The maximum Gasteiger partial charge on any atom is 0.260 e. The molecule has 6 nitrogen and oxygen atoms in total. The quantitative estimate of drug-likeness (QED) is 0.809. The van der Waals surface area contributed by atoms with Crippen molar-refractivity contribution in [1.82, 2.24) is 14.5 Å². The van der Waals surface area contributed by atoms with Crippen LogP contribution >= 0.6 is 0 Å². The minimum absolute atomic E-state index is 0.0274. The molecular formula is C19H25N3O3. The normalized spacial score (nSPS) is 17.5. The lowest BCUT2D eigenvalue weighted by Gasteiger charge is -2.34. The molecule has 1 unspecified atom stereocenters. The van der Waals surface area contributed by atoms with E-state index in [1.54, 1.807) is 7.11 Å². The van der Waals surface area contributed by atoms with Gasteiger partial charge in [-0.3, -0.25) is 4.79 Å². The third kappa shape index (κ3) is 4.20. The van der Waals surface area contributed by atoms with E-state index in [-0.39, 0.29) is 18.6 Å². The van der Waals surface area contributed by atoms with Gasteiger partial charge in [-0.25, -0.2) is 4.98 Å². The predicted octanol–water partition coefficient (Wildman–Crippen LogP) is 2.58. The van der Waals surface area contributed by atoms with Gasteiger partial charge in [0.1, 0.15) is 18.2 Å². The number of methoxy groups -OCH3 is 1. The van der Waals surface area contributed by atoms with Crippen LogP contribution < -0.4 is 4.74 Å². The molecule has 2 aromatic rings. The van der Waals surface area contributed by atoms with Gasteiger partial charge in [-0.1, -0.05) is 18.2 Å². The number of imidazole rings is 1. The number of hydrogen-bond donors (Lipinski definition) is 0. The van der Waals surface area contributed by atoms with E-state index in [2.05, 4.69) is 9.55 Å². The van der Waals surface area contributed by atoms with Gasteiger partial charge in [-0.2, -0.15) is 0 Å². The molecular weight excluding hydrogens is 318 g/mol. The summed E-state index contributed by atoms with van der Waals surface area (Å²) in [5, 5.41) is 0. The number of likely N-dealkylation sites (tertiary alicyclic amines) is 1. The number of para-hydroxylation sites is 1. The summed E-state index contributed by atoms with van der Waals surface area (Å²) in [6.45, 7) is 4.07. The van der Waals surface area contributed by atoms with Crippen molar-refractivity contribution in [2.24, 2.45) is 0 Å². The van der Waals surface area contributed by atoms with Crippen molar-refractivity contribution >= 4 is 5.91 Å². The molecule has 1 amide bonds. The Labute approximate surface area is 148 Å². The fourth-order valence-electron chi connectivity index (χ4n) is 3.38. The highest BCUT2D eigenvalue weighted by molar-refractivity contribution is 5.77. The van der Waals surface area contributed by atoms with Crippen LogP contribution in [0.1, 0.15) is 30.4 Å². The van der Waals surface area contributed by atoms with Crippen LogP contribution in [-0.4, -0.2) is 47.2 Å². The molecule has 0 aliphatic carbocycles. The topological polar surface area (TPSA) is 56.6 Å². The lowest BCUT2D eigenvalue weighted by molar-refractivity contribution is -0.135. The number of carbonyl (C=O) groups excluding carboxylic acids is 1. The van der Waals surface area contributed by atoms with Crippen LogP contribution in [0.3, 0.4) is 0 Å². The zero-order chi connectivity index (χ0) is 17.6. The van der Waals surface area contributed by atoms with Gasteiger partial charge in [0.15, 0.2) is 6.61 Å². The van der Waals surface area contributed by atoms with Gasteiger partial charge in [0, 0.05) is 32.1 Å². The van der Waals surface area contributed by atoms with Crippen molar-refractivity contribution < 1.29 is 14.3 Å². The van der Waals surface area contributed by atoms with Crippen LogP contribution in [0.5, 0.6) is 5.75 Å². The third-order valence-electron chi connectivity index (χ3n) is 4.55. The summed E-state index contributed by atoms with van der Waals surface area (Å²) in [6, 6.07) is 9.68. The molecule has 134 valence electrons. The fourth-order valence-corrected chi connectivity index (χ4v) is 3.38. The van der Waals surface area contributed by atoms with Crippen molar-refractivity contribution in [3.05, 3.63) is 48.0 Å². The van der Waals surface area contributed by atoms with E-state index < -0.39 is 0 Å². The van der Waals surface area contributed by atoms with Gasteiger partial charge in [0.25, 0.3) is 5.91 Å². The molecule has 1 atom stereocenters. The molecule has 0 spiro atoms. The Balaban J connectivity index is 1.63. The molecule has 0 N–H and O–H groups in total. The standard InChI is InChI=1S/C19H25N3O3/c1-15-11-20-18(13-24-2)22(15)16-7-6-10-21(12-16)19(23)14-25-17-8-4-3-5-9-17/h3-5,8-9,11,16H,6-7,10,12-14H2,1-2H3. The zero-order valence-corrected chi connectivity index (χ0v) is 14.9. The summed E-state index contributed by atoms with van der Waals surface area (Å²) in [5.74, 6) is 1.66. The van der Waals surface area contributed by atoms with Crippen LogP contribution in [0.2, 0.25) is 0 Å². The number of carbonyl (C=O) groups is 1. The molecule has 3 rings (SSSR count). The number of aromatic nitrogens is 2. The summed E-state index contributed by atoms with van der Waals surface area (Å²) in [5.41, 5.74) is 1.10. The molecule has 2 heterocycles. The summed E-state index contributed by atoms with van der Waals surface area (Å²) >= 11 is 0. The predicted molar refractivity (Wildman–Crippen MR) is 94.5 cm³/mol. The summed E-state index contributed by atoms with van der Waals surface area (Å²) in [6.07, 6.45) is 3.89. The molecule has 0 saturated carbocycles. The Hall–Kier alpha value is -2.34. The van der Waals surface area contributed by atoms with Gasteiger partial charge in [-0.15, -0.1) is 0 Å². The Morgan fingerprint density at radius 1 is 1.32 bits per heavy atom. The van der Waals surface area contributed by atoms with Gasteiger partial charge < -0.3 is 18.9 Å². The molecule has 1 saturated heterocycles. The van der Waals surface area contributed by atoms with E-state index in [1.165, 1.54) is 0 Å². The van der Waals surface area contributed by atoms with E-state index in [0.717, 1.165) is 36.7 Å². The minimum atomic E-state index is 0.0274. The molecule has 6 heteroatoms. The maximum absolute atomic E-state index is 12.5. The maximum atomic E-state index is 12.5. The number of nitrogens with zero attached hydrogens (tertiary/aromatic N) is 3. The van der Waals surface area contributed by atoms with E-state index in [9.17, 15) is 4.79 Å². The van der Waals surface area contributed by atoms with E-state index in [0.29, 0.717) is 13.2 Å². The van der Waals surface area contributed by atoms with Gasteiger partial charge in [0.05, 0.1) is 6.04 Å². The second-order valence-electron chi connectivity index (χ2n) is 6.36. The molecule has 25 heavy (non-hydrogen) atoms. The highest BCUT2D eigenvalue weighted by Gasteiger charge is 2.27. The zero-order valence-electron chi connectivity index (χ0n) is 14.9. The van der Waals surface area contributed by atoms with Crippen LogP contribution in [0.15, 0.2) is 36.5 Å². The second kappa shape index (κ2) is 8.16. The van der Waals surface area contributed by atoms with Crippen LogP contribution in [0.4, 0.5) is 0 Å². The highest BCUT2D eigenvalue weighted by Crippen LogP contribution is 2.25. The van der Waals surface area contributed by atoms with Gasteiger partial charge in [0.2, 0.25) is 0 Å². The summed E-state index contributed by atoms with van der Waals surface area (Å²) in [7, 11) is 1.67. The largest absolute Gasteiger partial charge is 0.484 e. The van der Waals surface area contributed by atoms with Crippen molar-refractivity contribution in [3.63, 3.8) is 0 Å². The molecule has 1 aliphatic rings. The van der Waals surface area contributed by atoms with E-state index >= 15 is 0 Å². The molecule has 0 radical (unpaired) electrons. The first-order valence-electron chi connectivity index (χ1n) is 8.66. The van der Waals surface area contributed by atoms with Crippen LogP contribution in [-0.2, 0) is 16.1 Å². The Morgan fingerprint density at radius 3 is 2.88 bits per heavy atom. The highest BCUT2D eigenvalue weighted by atomic mass is 16.5. The molecule has 1 aromatic heterocycles. The number of rotatable bonds is 6. The molecule has 0 bridgehead atoms. The fraction of sp³-hybridized carbons (Fsp3) is 0.474. The molecule has 1 aromatic carbocycles. The third-order valence-corrected chi connectivity index (χ3v) is 4.55. The average molecular weight is 343 g/mol. The number of benzene rings is 1. The SMILES string of the molecule is COCc1ncc(C)n1C1CCCN(C(=O)COc2ccccc2)C1. The first-order valence-corrected chi connectivity index (χ1v) is 8.66. The van der Waals surface area contributed by atoms with Crippen molar-refractivity contribution in [3.8, 4) is 5.75 Å². The Bertz CT molecular complexity index is 699. The minimum Gasteiger partial charge on any atom is -0.484 e. The van der Waals surface area contributed by atoms with Crippen molar-refractivity contribution in [2.45, 2.75) is 32.4 Å². The Morgan fingerprint density at radius 2 is 2.12 bits per heavy atom. The van der Waals surface area contributed by atoms with E-state index in [1.807, 2.05) is 48.4 Å². The lowest BCUT2D eigenvalue weighted by Crippen LogP contribution is -2.43. The van der Waals surface area contributed by atoms with E-state index in [4.69, 9.17) is 9.47 Å². The van der Waals surface area contributed by atoms with Crippen LogP contribution in [0, 0.1) is 6.92 Å². The first kappa shape index (κ1) is 17.5. The summed E-state index contributed by atoms with van der Waals surface area (Å²) < 4.78 is 13.1. The van der Waals surface area contributed by atoms with Gasteiger partial charge >= 0.3 is 0 Å².